The normalized spacial score (nSPS) is 27.9. The first kappa shape index (κ1) is 11.1. The molecule has 0 aromatic heterocycles. The van der Waals surface area contributed by atoms with Crippen molar-refractivity contribution in [1.82, 2.24) is 5.32 Å². The molecule has 82 valence electrons. The average Bonchev–Trinajstić information content (AvgIpc) is 2.79. The second kappa shape index (κ2) is 4.20. The highest BCUT2D eigenvalue weighted by atomic mass is 35.5. The van der Waals surface area contributed by atoms with Crippen molar-refractivity contribution in [2.24, 2.45) is 0 Å². The van der Waals surface area contributed by atoms with Gasteiger partial charge in [-0.25, -0.2) is 0 Å². The van der Waals surface area contributed by atoms with Crippen LogP contribution in [0, 0.1) is 0 Å². The summed E-state index contributed by atoms with van der Waals surface area (Å²) in [5, 5.41) is 4.37. The zero-order valence-corrected chi connectivity index (χ0v) is 9.89. The highest BCUT2D eigenvalue weighted by molar-refractivity contribution is 6.33. The third-order valence-electron chi connectivity index (χ3n) is 3.22. The summed E-state index contributed by atoms with van der Waals surface area (Å²) in [5.41, 5.74) is 1.20. The third-order valence-corrected chi connectivity index (χ3v) is 3.54. The van der Waals surface area contributed by atoms with Gasteiger partial charge in [-0.1, -0.05) is 23.7 Å². The predicted octanol–water partition coefficient (Wildman–Crippen LogP) is 2.31. The van der Waals surface area contributed by atoms with Gasteiger partial charge >= 0.3 is 0 Å². The Morgan fingerprint density at radius 1 is 1.33 bits per heavy atom. The van der Waals surface area contributed by atoms with Crippen LogP contribution in [-0.4, -0.2) is 25.2 Å². The van der Waals surface area contributed by atoms with Crippen molar-refractivity contribution in [2.75, 3.05) is 18.0 Å². The zero-order chi connectivity index (χ0) is 9.54. The van der Waals surface area contributed by atoms with E-state index in [-0.39, 0.29) is 12.4 Å². The molecule has 2 nitrogen and oxygen atoms in total. The van der Waals surface area contributed by atoms with Gasteiger partial charge in [-0.15, -0.1) is 12.4 Å². The van der Waals surface area contributed by atoms with Gasteiger partial charge in [0.05, 0.1) is 10.7 Å². The lowest BCUT2D eigenvalue weighted by Gasteiger charge is -2.30. The maximum absolute atomic E-state index is 6.18. The number of hydrogen-bond donors (Lipinski definition) is 1. The van der Waals surface area contributed by atoms with E-state index in [2.05, 4.69) is 22.3 Å². The van der Waals surface area contributed by atoms with Crippen LogP contribution in [0.3, 0.4) is 0 Å². The maximum atomic E-state index is 6.18. The Bertz CT molecular complexity index is 356. The van der Waals surface area contributed by atoms with Crippen LogP contribution in [0.4, 0.5) is 5.69 Å². The Morgan fingerprint density at radius 3 is 2.73 bits per heavy atom. The first-order chi connectivity index (χ1) is 6.84. The molecule has 1 aromatic carbocycles. The quantitative estimate of drug-likeness (QED) is 0.816. The van der Waals surface area contributed by atoms with Gasteiger partial charge in [0.25, 0.3) is 0 Å². The van der Waals surface area contributed by atoms with E-state index in [0.29, 0.717) is 12.1 Å². The van der Waals surface area contributed by atoms with E-state index in [4.69, 9.17) is 11.6 Å². The number of piperazine rings is 1. The lowest BCUT2D eigenvalue weighted by atomic mass is 10.2. The molecule has 2 saturated heterocycles. The topological polar surface area (TPSA) is 15.3 Å². The highest BCUT2D eigenvalue weighted by Gasteiger charge is 2.37. The lowest BCUT2D eigenvalue weighted by molar-refractivity contribution is 0.580. The van der Waals surface area contributed by atoms with Crippen LogP contribution < -0.4 is 10.2 Å². The molecule has 1 aromatic rings. The molecule has 0 unspecified atom stereocenters. The molecular formula is C11H14Cl2N2. The molecule has 2 aliphatic heterocycles. The van der Waals surface area contributed by atoms with E-state index in [1.54, 1.807) is 0 Å². The molecule has 1 N–H and O–H groups in total. The van der Waals surface area contributed by atoms with Gasteiger partial charge in [-0.2, -0.15) is 0 Å². The van der Waals surface area contributed by atoms with Gasteiger partial charge < -0.3 is 10.2 Å². The number of nitrogens with zero attached hydrogens (tertiary/aromatic N) is 1. The van der Waals surface area contributed by atoms with Gasteiger partial charge in [-0.05, 0) is 18.6 Å². The first-order valence-electron chi connectivity index (χ1n) is 5.09. The standard InChI is InChI=1S/C11H13ClN2.ClH/c12-10-3-1-2-4-11(10)14-7-8-5-9(14)6-13-8;/h1-4,8-9,13H,5-7H2;1H/t8-,9-;/m0./s1. The summed E-state index contributed by atoms with van der Waals surface area (Å²) in [6.07, 6.45) is 1.27. The Hall–Kier alpha value is -0.440. The number of nitrogens with one attached hydrogen (secondary N) is 1. The minimum atomic E-state index is 0. The molecular weight excluding hydrogens is 231 g/mol. The summed E-state index contributed by atoms with van der Waals surface area (Å²) in [7, 11) is 0. The van der Waals surface area contributed by atoms with E-state index in [9.17, 15) is 0 Å². The van der Waals surface area contributed by atoms with E-state index in [1.807, 2.05) is 12.1 Å². The van der Waals surface area contributed by atoms with E-state index in [0.717, 1.165) is 18.1 Å². The van der Waals surface area contributed by atoms with Gasteiger partial charge in [0.2, 0.25) is 0 Å². The van der Waals surface area contributed by atoms with Crippen molar-refractivity contribution in [1.29, 1.82) is 0 Å². The fraction of sp³-hybridized carbons (Fsp3) is 0.455. The minimum Gasteiger partial charge on any atom is -0.364 e. The van der Waals surface area contributed by atoms with Crippen molar-refractivity contribution >= 4 is 29.7 Å². The van der Waals surface area contributed by atoms with E-state index >= 15 is 0 Å². The average molecular weight is 245 g/mol. The second-order valence-electron chi connectivity index (χ2n) is 4.10. The second-order valence-corrected chi connectivity index (χ2v) is 4.51. The number of anilines is 1. The Balaban J connectivity index is 0.000000853. The van der Waals surface area contributed by atoms with Crippen molar-refractivity contribution in [3.8, 4) is 0 Å². The summed E-state index contributed by atoms with van der Waals surface area (Å²) in [5.74, 6) is 0. The summed E-state index contributed by atoms with van der Waals surface area (Å²) in [6, 6.07) is 9.45. The molecule has 4 heteroatoms. The van der Waals surface area contributed by atoms with Crippen LogP contribution in [-0.2, 0) is 0 Å². The van der Waals surface area contributed by atoms with Crippen LogP contribution in [0.2, 0.25) is 5.02 Å². The van der Waals surface area contributed by atoms with E-state index < -0.39 is 0 Å². The molecule has 2 heterocycles. The Labute approximate surface area is 101 Å². The number of rotatable bonds is 1. The predicted molar refractivity (Wildman–Crippen MR) is 66.2 cm³/mol. The van der Waals surface area contributed by atoms with Crippen LogP contribution in [0.15, 0.2) is 24.3 Å². The molecule has 2 atom stereocenters. The lowest BCUT2D eigenvalue weighted by Crippen LogP contribution is -2.43. The fourth-order valence-electron chi connectivity index (χ4n) is 2.54. The number of benzene rings is 1. The highest BCUT2D eigenvalue weighted by Crippen LogP contribution is 2.33. The van der Waals surface area contributed by atoms with Crippen molar-refractivity contribution in [2.45, 2.75) is 18.5 Å². The van der Waals surface area contributed by atoms with Crippen LogP contribution in [0.25, 0.3) is 0 Å². The number of fused-ring (bicyclic) bond motifs is 2. The number of halogens is 2. The monoisotopic (exact) mass is 244 g/mol. The molecule has 0 radical (unpaired) electrons. The van der Waals surface area contributed by atoms with Crippen molar-refractivity contribution in [3.63, 3.8) is 0 Å². The Kier molecular flexibility index (Phi) is 3.10. The summed E-state index contributed by atoms with van der Waals surface area (Å²) >= 11 is 6.18. The van der Waals surface area contributed by atoms with Crippen LogP contribution in [0.5, 0.6) is 0 Å². The van der Waals surface area contributed by atoms with Crippen LogP contribution in [0.1, 0.15) is 6.42 Å². The molecule has 0 saturated carbocycles. The van der Waals surface area contributed by atoms with Gasteiger partial charge in [-0.3, -0.25) is 0 Å². The number of hydrogen-bond acceptors (Lipinski definition) is 2. The summed E-state index contributed by atoms with van der Waals surface area (Å²) in [4.78, 5) is 2.43. The molecule has 0 spiro atoms. The molecule has 0 amide bonds. The van der Waals surface area contributed by atoms with Crippen LogP contribution >= 0.6 is 24.0 Å². The number of para-hydroxylation sites is 1. The van der Waals surface area contributed by atoms with Gasteiger partial charge in [0.15, 0.2) is 0 Å². The molecule has 2 fully saturated rings. The minimum absolute atomic E-state index is 0. The summed E-state index contributed by atoms with van der Waals surface area (Å²) in [6.45, 7) is 2.21. The van der Waals surface area contributed by atoms with Crippen molar-refractivity contribution in [3.05, 3.63) is 29.3 Å². The Morgan fingerprint density at radius 2 is 2.13 bits per heavy atom. The molecule has 2 aliphatic rings. The maximum Gasteiger partial charge on any atom is 0.0639 e. The molecule has 0 aliphatic carbocycles. The fourth-order valence-corrected chi connectivity index (χ4v) is 2.78. The summed E-state index contributed by atoms with van der Waals surface area (Å²) < 4.78 is 0. The van der Waals surface area contributed by atoms with Gasteiger partial charge in [0, 0.05) is 25.2 Å². The third kappa shape index (κ3) is 1.82. The largest absolute Gasteiger partial charge is 0.364 e. The van der Waals surface area contributed by atoms with Gasteiger partial charge in [0.1, 0.15) is 0 Å². The first-order valence-corrected chi connectivity index (χ1v) is 5.47. The molecule has 2 bridgehead atoms. The van der Waals surface area contributed by atoms with Crippen molar-refractivity contribution < 1.29 is 0 Å². The smallest absolute Gasteiger partial charge is 0.0639 e. The SMILES string of the molecule is Cl.Clc1ccccc1N1C[C@@H]2C[C@H]1CN2. The van der Waals surface area contributed by atoms with E-state index in [1.165, 1.54) is 12.1 Å². The molecule has 15 heavy (non-hydrogen) atoms. The zero-order valence-electron chi connectivity index (χ0n) is 8.32. The molecule has 3 rings (SSSR count).